The van der Waals surface area contributed by atoms with Crippen LogP contribution < -0.4 is 10.6 Å². The minimum Gasteiger partial charge on any atom is -0.378 e. The lowest BCUT2D eigenvalue weighted by Crippen LogP contribution is -2.46. The van der Waals surface area contributed by atoms with Crippen molar-refractivity contribution in [3.05, 3.63) is 72.2 Å². The first-order valence-electron chi connectivity index (χ1n) is 7.45. The molecule has 0 saturated carbocycles. The number of ketones is 2. The van der Waals surface area contributed by atoms with Gasteiger partial charge < -0.3 is 10.6 Å². The maximum Gasteiger partial charge on any atom is 0.181 e. The lowest BCUT2D eigenvalue weighted by molar-refractivity contribution is -0.117. The van der Waals surface area contributed by atoms with Crippen molar-refractivity contribution >= 4 is 11.6 Å². The Morgan fingerprint density at radius 1 is 0.727 bits per heavy atom. The molecule has 0 fully saturated rings. The number of nitrogens with one attached hydrogen (secondary N) is 2. The van der Waals surface area contributed by atoms with Crippen LogP contribution in [0.25, 0.3) is 0 Å². The summed E-state index contributed by atoms with van der Waals surface area (Å²) in [5.74, 6) is 0.336. The second-order valence-electron chi connectivity index (χ2n) is 5.83. The van der Waals surface area contributed by atoms with Crippen molar-refractivity contribution in [1.29, 1.82) is 0 Å². The molecule has 0 bridgehead atoms. The molecule has 0 radical (unpaired) electrons. The van der Waals surface area contributed by atoms with Crippen LogP contribution in [0.4, 0.5) is 0 Å². The molecule has 4 nitrogen and oxygen atoms in total. The molecule has 4 atom stereocenters. The van der Waals surface area contributed by atoms with E-state index in [4.69, 9.17) is 0 Å². The predicted molar refractivity (Wildman–Crippen MR) is 83.6 cm³/mol. The third kappa shape index (κ3) is 1.91. The molecule has 0 saturated heterocycles. The van der Waals surface area contributed by atoms with Gasteiger partial charge in [0, 0.05) is 11.8 Å². The Bertz CT molecular complexity index is 659. The average Bonchev–Trinajstić information content (AvgIpc) is 2.57. The minimum absolute atomic E-state index is 0.0786. The molecule has 4 heteroatoms. The molecule has 0 aromatic rings. The molecule has 2 heterocycles. The van der Waals surface area contributed by atoms with Gasteiger partial charge in [-0.25, -0.2) is 0 Å². The molecule has 22 heavy (non-hydrogen) atoms. The molecule has 0 aromatic heterocycles. The SMILES string of the molecule is O=C1C=CC(C2C=CC(=O)C3NC=CC=C32)C2=CC=CNC12. The second kappa shape index (κ2) is 4.98. The van der Waals surface area contributed by atoms with Gasteiger partial charge in [-0.3, -0.25) is 9.59 Å². The Morgan fingerprint density at radius 3 is 1.64 bits per heavy atom. The fraction of sp³-hybridized carbons (Fsp3) is 0.222. The number of fused-ring (bicyclic) bond motifs is 2. The molecule has 2 aliphatic carbocycles. The van der Waals surface area contributed by atoms with Crippen LogP contribution in [-0.4, -0.2) is 23.7 Å². The van der Waals surface area contributed by atoms with Crippen LogP contribution in [0, 0.1) is 11.8 Å². The van der Waals surface area contributed by atoms with Crippen molar-refractivity contribution in [1.82, 2.24) is 10.6 Å². The van der Waals surface area contributed by atoms with Gasteiger partial charge in [-0.1, -0.05) is 24.3 Å². The second-order valence-corrected chi connectivity index (χ2v) is 5.83. The smallest absolute Gasteiger partial charge is 0.181 e. The molecule has 2 aliphatic heterocycles. The fourth-order valence-electron chi connectivity index (χ4n) is 3.57. The van der Waals surface area contributed by atoms with Crippen molar-refractivity contribution < 1.29 is 9.59 Å². The van der Waals surface area contributed by atoms with Gasteiger partial charge in [0.25, 0.3) is 0 Å². The van der Waals surface area contributed by atoms with E-state index in [1.54, 1.807) is 24.6 Å². The molecule has 110 valence electrons. The van der Waals surface area contributed by atoms with Gasteiger partial charge >= 0.3 is 0 Å². The van der Waals surface area contributed by atoms with Crippen LogP contribution in [0.2, 0.25) is 0 Å². The first-order valence-corrected chi connectivity index (χ1v) is 7.45. The van der Waals surface area contributed by atoms with E-state index in [-0.39, 0.29) is 35.5 Å². The molecule has 0 spiro atoms. The molecule has 0 aromatic carbocycles. The molecular formula is C18H16N2O2. The van der Waals surface area contributed by atoms with E-state index >= 15 is 0 Å². The molecule has 0 amide bonds. The Morgan fingerprint density at radius 2 is 1.18 bits per heavy atom. The summed E-state index contributed by atoms with van der Waals surface area (Å²) in [5.41, 5.74) is 2.13. The number of hydrogen-bond acceptors (Lipinski definition) is 4. The summed E-state index contributed by atoms with van der Waals surface area (Å²) in [7, 11) is 0. The fourth-order valence-corrected chi connectivity index (χ4v) is 3.57. The quantitative estimate of drug-likeness (QED) is 0.765. The Hall–Kier alpha value is -2.62. The topological polar surface area (TPSA) is 58.2 Å². The van der Waals surface area contributed by atoms with Crippen LogP contribution in [0.15, 0.2) is 72.2 Å². The lowest BCUT2D eigenvalue weighted by Gasteiger charge is -2.38. The van der Waals surface area contributed by atoms with Gasteiger partial charge in [0.15, 0.2) is 11.6 Å². The van der Waals surface area contributed by atoms with Gasteiger partial charge in [0.05, 0.1) is 0 Å². The molecule has 2 N–H and O–H groups in total. The summed E-state index contributed by atoms with van der Waals surface area (Å²) < 4.78 is 0. The summed E-state index contributed by atoms with van der Waals surface area (Å²) in [6.45, 7) is 0. The number of rotatable bonds is 1. The highest BCUT2D eigenvalue weighted by molar-refractivity contribution is 6.00. The maximum absolute atomic E-state index is 12.1. The Labute approximate surface area is 128 Å². The van der Waals surface area contributed by atoms with Crippen molar-refractivity contribution in [2.75, 3.05) is 0 Å². The molecular weight excluding hydrogens is 276 g/mol. The van der Waals surface area contributed by atoms with Crippen molar-refractivity contribution in [2.45, 2.75) is 12.1 Å². The van der Waals surface area contributed by atoms with E-state index in [1.165, 1.54) is 0 Å². The van der Waals surface area contributed by atoms with Crippen molar-refractivity contribution in [3.63, 3.8) is 0 Å². The van der Waals surface area contributed by atoms with Crippen LogP contribution >= 0.6 is 0 Å². The van der Waals surface area contributed by atoms with Crippen LogP contribution in [0.5, 0.6) is 0 Å². The minimum atomic E-state index is -0.280. The highest BCUT2D eigenvalue weighted by atomic mass is 16.1. The van der Waals surface area contributed by atoms with E-state index in [0.717, 1.165) is 11.1 Å². The zero-order valence-electron chi connectivity index (χ0n) is 11.9. The molecule has 4 unspecified atom stereocenters. The van der Waals surface area contributed by atoms with Gasteiger partial charge in [0.2, 0.25) is 0 Å². The van der Waals surface area contributed by atoms with E-state index in [0.29, 0.717) is 0 Å². The van der Waals surface area contributed by atoms with Crippen LogP contribution in [0.1, 0.15) is 0 Å². The van der Waals surface area contributed by atoms with Crippen LogP contribution in [-0.2, 0) is 9.59 Å². The van der Waals surface area contributed by atoms with Gasteiger partial charge in [-0.05, 0) is 47.9 Å². The Kier molecular flexibility index (Phi) is 2.96. The number of allylic oxidation sites excluding steroid dienone is 6. The van der Waals surface area contributed by atoms with Gasteiger partial charge in [-0.2, -0.15) is 0 Å². The highest BCUT2D eigenvalue weighted by Gasteiger charge is 2.39. The van der Waals surface area contributed by atoms with Crippen LogP contribution in [0.3, 0.4) is 0 Å². The first-order chi connectivity index (χ1) is 10.8. The molecule has 4 aliphatic rings. The zero-order valence-corrected chi connectivity index (χ0v) is 11.9. The summed E-state index contributed by atoms with van der Waals surface area (Å²) in [6.07, 6.45) is 18.7. The summed E-state index contributed by atoms with van der Waals surface area (Å²) in [6, 6.07) is -0.561. The van der Waals surface area contributed by atoms with Crippen molar-refractivity contribution in [3.8, 4) is 0 Å². The summed E-state index contributed by atoms with van der Waals surface area (Å²) in [4.78, 5) is 24.1. The van der Waals surface area contributed by atoms with Crippen molar-refractivity contribution in [2.24, 2.45) is 11.8 Å². The first kappa shape index (κ1) is 13.1. The van der Waals surface area contributed by atoms with E-state index < -0.39 is 0 Å². The third-order valence-electron chi connectivity index (χ3n) is 4.62. The average molecular weight is 292 g/mol. The normalized spacial score (nSPS) is 35.1. The largest absolute Gasteiger partial charge is 0.378 e. The maximum atomic E-state index is 12.1. The lowest BCUT2D eigenvalue weighted by atomic mass is 9.70. The van der Waals surface area contributed by atoms with E-state index in [2.05, 4.69) is 10.6 Å². The van der Waals surface area contributed by atoms with Gasteiger partial charge in [0.1, 0.15) is 12.1 Å². The predicted octanol–water partition coefficient (Wildman–Crippen LogP) is 1.32. The summed E-state index contributed by atoms with van der Waals surface area (Å²) >= 11 is 0. The number of dihydropyridines is 2. The number of hydrogen-bond donors (Lipinski definition) is 2. The Balaban J connectivity index is 1.77. The molecule has 4 rings (SSSR count). The number of carbonyl (C=O) groups excluding carboxylic acids is 2. The summed E-state index contributed by atoms with van der Waals surface area (Å²) in [5, 5.41) is 6.26. The number of carbonyl (C=O) groups is 2. The monoisotopic (exact) mass is 292 g/mol. The van der Waals surface area contributed by atoms with E-state index in [1.807, 2.05) is 36.5 Å². The van der Waals surface area contributed by atoms with E-state index in [9.17, 15) is 9.59 Å². The van der Waals surface area contributed by atoms with Gasteiger partial charge in [-0.15, -0.1) is 0 Å². The highest BCUT2D eigenvalue weighted by Crippen LogP contribution is 2.38. The zero-order chi connectivity index (χ0) is 15.1. The third-order valence-corrected chi connectivity index (χ3v) is 4.62. The standard InChI is InChI=1S/C18H16N2O2/c21-15-7-5-11(13-3-1-9-19-17(13)15)12-6-8-16(22)18-14(12)4-2-10-20-18/h1-12,17-20H.